The Morgan fingerprint density at radius 2 is 0.981 bits per heavy atom. The van der Waals surface area contributed by atoms with Crippen molar-refractivity contribution in [3.8, 4) is 33.9 Å². The number of aromatic nitrogens is 3. The summed E-state index contributed by atoms with van der Waals surface area (Å²) in [5.74, 6) is 1.83. The van der Waals surface area contributed by atoms with Crippen molar-refractivity contribution in [2.24, 2.45) is 0 Å². The van der Waals surface area contributed by atoms with Crippen LogP contribution in [0.3, 0.4) is 0 Å². The number of benzene rings is 7. The molecule has 0 bridgehead atoms. The number of hydrogen-bond acceptors (Lipinski definition) is 6. The molecule has 0 spiro atoms. The average molecular weight is 670 g/mol. The molecule has 11 aromatic rings. The quantitative estimate of drug-likeness (QED) is 0.181. The van der Waals surface area contributed by atoms with Gasteiger partial charge in [-0.25, -0.2) is 15.0 Å². The second-order valence-corrected chi connectivity index (χ2v) is 13.1. The number of rotatable bonds is 5. The molecular formula is C46H27N3O3. The molecule has 52 heavy (non-hydrogen) atoms. The van der Waals surface area contributed by atoms with Crippen molar-refractivity contribution in [3.05, 3.63) is 163 Å². The van der Waals surface area contributed by atoms with E-state index >= 15 is 0 Å². The summed E-state index contributed by atoms with van der Waals surface area (Å²) in [7, 11) is 0. The third kappa shape index (κ3) is 4.48. The van der Waals surface area contributed by atoms with E-state index in [1.54, 1.807) is 0 Å². The van der Waals surface area contributed by atoms with Gasteiger partial charge in [0.1, 0.15) is 39.3 Å². The zero-order chi connectivity index (χ0) is 34.2. The lowest BCUT2D eigenvalue weighted by Crippen LogP contribution is -2.04. The number of furan rings is 3. The molecule has 244 valence electrons. The van der Waals surface area contributed by atoms with Crippen LogP contribution in [0.5, 0.6) is 0 Å². The number of nitrogens with zero attached hydrogens (tertiary/aromatic N) is 3. The Morgan fingerprint density at radius 3 is 1.75 bits per heavy atom. The maximum atomic E-state index is 6.43. The van der Waals surface area contributed by atoms with Crippen LogP contribution < -0.4 is 0 Å². The van der Waals surface area contributed by atoms with Crippen LogP contribution in [0.15, 0.2) is 165 Å². The summed E-state index contributed by atoms with van der Waals surface area (Å²) >= 11 is 0. The molecule has 0 unspecified atom stereocenters. The second-order valence-electron chi connectivity index (χ2n) is 13.1. The van der Waals surface area contributed by atoms with Crippen LogP contribution in [0.2, 0.25) is 0 Å². The average Bonchev–Trinajstić information content (AvgIpc) is 3.89. The molecular weight excluding hydrogens is 643 g/mol. The molecule has 0 N–H and O–H groups in total. The summed E-state index contributed by atoms with van der Waals surface area (Å²) in [6, 6.07) is 51.4. The van der Waals surface area contributed by atoms with Gasteiger partial charge in [-0.3, -0.25) is 0 Å². The largest absolute Gasteiger partial charge is 0.456 e. The number of fused-ring (bicyclic) bond motifs is 9. The molecule has 11 rings (SSSR count). The van der Waals surface area contributed by atoms with Crippen molar-refractivity contribution in [1.82, 2.24) is 15.0 Å². The minimum atomic E-state index is 0.473. The fourth-order valence-corrected chi connectivity index (χ4v) is 7.62. The molecule has 4 aromatic heterocycles. The van der Waals surface area contributed by atoms with Gasteiger partial charge in [-0.05, 0) is 47.5 Å². The molecule has 6 nitrogen and oxygen atoms in total. The SMILES string of the molecule is c1ccc(-c2nc(Cc3cccc4oc5ccc(-c6cccc7c6oc6ccccc67)cc5c34)nc(-c3cccc4c3oc3ccccc34)n2)cc1. The molecule has 0 aliphatic heterocycles. The Bertz CT molecular complexity index is 3170. The molecule has 7 aromatic carbocycles. The minimum absolute atomic E-state index is 0.473. The highest BCUT2D eigenvalue weighted by Crippen LogP contribution is 2.40. The van der Waals surface area contributed by atoms with Crippen LogP contribution in [0.1, 0.15) is 11.4 Å². The van der Waals surface area contributed by atoms with E-state index in [0.717, 1.165) is 93.6 Å². The van der Waals surface area contributed by atoms with Gasteiger partial charge < -0.3 is 13.3 Å². The van der Waals surface area contributed by atoms with Crippen molar-refractivity contribution >= 4 is 65.8 Å². The molecule has 0 atom stereocenters. The van der Waals surface area contributed by atoms with Gasteiger partial charge in [0, 0.05) is 49.9 Å². The van der Waals surface area contributed by atoms with Gasteiger partial charge in [-0.2, -0.15) is 0 Å². The van der Waals surface area contributed by atoms with Gasteiger partial charge in [-0.1, -0.05) is 115 Å². The maximum Gasteiger partial charge on any atom is 0.167 e. The van der Waals surface area contributed by atoms with Crippen molar-refractivity contribution in [2.75, 3.05) is 0 Å². The van der Waals surface area contributed by atoms with Crippen molar-refractivity contribution < 1.29 is 13.3 Å². The third-order valence-corrected chi connectivity index (χ3v) is 10.0. The lowest BCUT2D eigenvalue weighted by molar-refractivity contribution is 0.668. The topological polar surface area (TPSA) is 78.1 Å². The summed E-state index contributed by atoms with van der Waals surface area (Å²) < 4.78 is 19.2. The lowest BCUT2D eigenvalue weighted by Gasteiger charge is -2.09. The van der Waals surface area contributed by atoms with Gasteiger partial charge in [-0.15, -0.1) is 0 Å². The molecule has 0 aliphatic rings. The fraction of sp³-hybridized carbons (Fsp3) is 0.0217. The monoisotopic (exact) mass is 669 g/mol. The van der Waals surface area contributed by atoms with Gasteiger partial charge in [0.05, 0.1) is 5.56 Å². The second kappa shape index (κ2) is 11.2. The zero-order valence-electron chi connectivity index (χ0n) is 27.7. The summed E-state index contributed by atoms with van der Waals surface area (Å²) in [4.78, 5) is 15.2. The minimum Gasteiger partial charge on any atom is -0.456 e. The molecule has 6 heteroatoms. The first-order valence-electron chi connectivity index (χ1n) is 17.3. The molecule has 0 radical (unpaired) electrons. The normalized spacial score (nSPS) is 11.9. The molecule has 0 amide bonds. The first-order valence-corrected chi connectivity index (χ1v) is 17.3. The van der Waals surface area contributed by atoms with E-state index in [-0.39, 0.29) is 0 Å². The fourth-order valence-electron chi connectivity index (χ4n) is 7.62. The van der Waals surface area contributed by atoms with Crippen LogP contribution in [0.4, 0.5) is 0 Å². The van der Waals surface area contributed by atoms with E-state index in [9.17, 15) is 0 Å². The number of para-hydroxylation sites is 4. The van der Waals surface area contributed by atoms with E-state index in [1.165, 1.54) is 0 Å². The van der Waals surface area contributed by atoms with Crippen LogP contribution in [-0.4, -0.2) is 15.0 Å². The van der Waals surface area contributed by atoms with Crippen molar-refractivity contribution in [2.45, 2.75) is 6.42 Å². The Hall–Kier alpha value is -7.05. The highest BCUT2D eigenvalue weighted by molar-refractivity contribution is 6.12. The Morgan fingerprint density at radius 1 is 0.385 bits per heavy atom. The predicted molar refractivity (Wildman–Crippen MR) is 207 cm³/mol. The summed E-state index contributed by atoms with van der Waals surface area (Å²) in [6.07, 6.45) is 0.473. The van der Waals surface area contributed by atoms with E-state index in [4.69, 9.17) is 28.2 Å². The van der Waals surface area contributed by atoms with Crippen molar-refractivity contribution in [1.29, 1.82) is 0 Å². The van der Waals surface area contributed by atoms with Crippen molar-refractivity contribution in [3.63, 3.8) is 0 Å². The smallest absolute Gasteiger partial charge is 0.167 e. The molecule has 0 aliphatic carbocycles. The van der Waals surface area contributed by atoms with E-state index < -0.39 is 0 Å². The highest BCUT2D eigenvalue weighted by Gasteiger charge is 2.20. The molecule has 4 heterocycles. The lowest BCUT2D eigenvalue weighted by atomic mass is 9.98. The summed E-state index contributed by atoms with van der Waals surface area (Å²) in [6.45, 7) is 0. The van der Waals surface area contributed by atoms with Crippen LogP contribution in [0, 0.1) is 0 Å². The predicted octanol–water partition coefficient (Wildman–Crippen LogP) is 12.2. The van der Waals surface area contributed by atoms with Gasteiger partial charge in [0.25, 0.3) is 0 Å². The van der Waals surface area contributed by atoms with E-state index in [2.05, 4.69) is 60.7 Å². The standard InChI is InChI=1S/C46H27N3O3/c1-2-11-27(12-3-1)45-47-41(48-46(49-45)35-19-10-18-34-32-15-5-7-21-38(32)52-44(34)35)26-29-13-8-22-40-42(29)36-25-28(23-24-39(36)50-40)30-16-9-17-33-31-14-4-6-20-37(31)51-43(30)33/h1-25H,26H2. The van der Waals surface area contributed by atoms with E-state index in [0.29, 0.717) is 23.9 Å². The summed E-state index contributed by atoms with van der Waals surface area (Å²) in [5, 5.41) is 6.37. The van der Waals surface area contributed by atoms with Gasteiger partial charge in [0.15, 0.2) is 11.6 Å². The Kier molecular flexibility index (Phi) is 6.21. The first-order chi connectivity index (χ1) is 25.7. The van der Waals surface area contributed by atoms with Crippen LogP contribution in [-0.2, 0) is 6.42 Å². The molecule has 0 saturated carbocycles. The first kappa shape index (κ1) is 28.8. The summed E-state index contributed by atoms with van der Waals surface area (Å²) in [5.41, 5.74) is 9.88. The third-order valence-electron chi connectivity index (χ3n) is 10.0. The van der Waals surface area contributed by atoms with E-state index in [1.807, 2.05) is 91.0 Å². The van der Waals surface area contributed by atoms with Crippen LogP contribution >= 0.6 is 0 Å². The highest BCUT2D eigenvalue weighted by atomic mass is 16.3. The molecule has 0 fully saturated rings. The number of hydrogen-bond donors (Lipinski definition) is 0. The maximum absolute atomic E-state index is 6.43. The Balaban J connectivity index is 1.08. The Labute approximate surface area is 296 Å². The molecule has 0 saturated heterocycles. The van der Waals surface area contributed by atoms with Crippen LogP contribution in [0.25, 0.3) is 99.7 Å². The zero-order valence-corrected chi connectivity index (χ0v) is 27.7. The van der Waals surface area contributed by atoms with Gasteiger partial charge >= 0.3 is 0 Å². The van der Waals surface area contributed by atoms with Gasteiger partial charge in [0.2, 0.25) is 0 Å².